The molecule has 0 aliphatic rings. The molecule has 2 rings (SSSR count). The van der Waals surface area contributed by atoms with Crippen LogP contribution in [0.3, 0.4) is 0 Å². The molecule has 0 N–H and O–H groups in total. The van der Waals surface area contributed by atoms with E-state index in [1.807, 2.05) is 24.3 Å². The average molecular weight is 207 g/mol. The van der Waals surface area contributed by atoms with E-state index in [0.29, 0.717) is 12.2 Å². The molecule has 0 unspecified atom stereocenters. The third-order valence-electron chi connectivity index (χ3n) is 1.88. The Morgan fingerprint density at radius 2 is 2.14 bits per heavy atom. The van der Waals surface area contributed by atoms with E-state index in [0.717, 1.165) is 10.6 Å². The van der Waals surface area contributed by atoms with Crippen molar-refractivity contribution in [3.8, 4) is 0 Å². The smallest absolute Gasteiger partial charge is 0.0831 e. The van der Waals surface area contributed by atoms with Gasteiger partial charge in [-0.2, -0.15) is 0 Å². The fraction of sp³-hybridized carbons (Fsp3) is 0.100. The second kappa shape index (κ2) is 3.80. The molecule has 2 aromatic rings. The van der Waals surface area contributed by atoms with E-state index in [1.165, 1.54) is 0 Å². The van der Waals surface area contributed by atoms with Gasteiger partial charge >= 0.3 is 0 Å². The van der Waals surface area contributed by atoms with Crippen molar-refractivity contribution in [1.29, 1.82) is 0 Å². The molecule has 1 radical (unpaired) electrons. The van der Waals surface area contributed by atoms with Crippen molar-refractivity contribution in [2.45, 2.75) is 6.54 Å². The highest BCUT2D eigenvalue weighted by Gasteiger charge is 2.01. The summed E-state index contributed by atoms with van der Waals surface area (Å²) in [6.07, 6.45) is 1.78. The Labute approximate surface area is 87.3 Å². The molecule has 0 aliphatic carbocycles. The van der Waals surface area contributed by atoms with E-state index >= 15 is 0 Å². The lowest BCUT2D eigenvalue weighted by Crippen LogP contribution is -2.00. The van der Waals surface area contributed by atoms with E-state index < -0.39 is 0 Å². The van der Waals surface area contributed by atoms with Gasteiger partial charge in [-0.05, 0) is 18.6 Å². The molecular formula is C10H9ClN3. The van der Waals surface area contributed by atoms with Crippen LogP contribution in [0.15, 0.2) is 30.5 Å². The monoisotopic (exact) mass is 206 g/mol. The van der Waals surface area contributed by atoms with E-state index in [2.05, 4.69) is 17.2 Å². The van der Waals surface area contributed by atoms with Crippen LogP contribution in [0.25, 0.3) is 0 Å². The normalized spacial score (nSPS) is 10.4. The van der Waals surface area contributed by atoms with Crippen LogP contribution in [0.4, 0.5) is 0 Å². The van der Waals surface area contributed by atoms with Crippen molar-refractivity contribution >= 4 is 11.6 Å². The molecule has 0 saturated heterocycles. The van der Waals surface area contributed by atoms with Crippen LogP contribution >= 0.6 is 11.6 Å². The number of benzene rings is 1. The first-order valence-corrected chi connectivity index (χ1v) is 4.59. The Kier molecular flexibility index (Phi) is 2.50. The molecule has 3 nitrogen and oxygen atoms in total. The first kappa shape index (κ1) is 9.21. The highest BCUT2D eigenvalue weighted by molar-refractivity contribution is 6.31. The first-order valence-electron chi connectivity index (χ1n) is 4.21. The fourth-order valence-electron chi connectivity index (χ4n) is 1.22. The molecule has 0 bridgehead atoms. The fourth-order valence-corrected chi connectivity index (χ4v) is 1.41. The third kappa shape index (κ3) is 1.93. The Bertz CT molecular complexity index is 436. The molecule has 0 saturated carbocycles. The summed E-state index contributed by atoms with van der Waals surface area (Å²) in [5, 5.41) is 8.44. The summed E-state index contributed by atoms with van der Waals surface area (Å²) in [4.78, 5) is 0. The van der Waals surface area contributed by atoms with Gasteiger partial charge in [0, 0.05) is 11.2 Å². The van der Waals surface area contributed by atoms with Crippen molar-refractivity contribution in [2.24, 2.45) is 0 Å². The Morgan fingerprint density at radius 3 is 2.79 bits per heavy atom. The lowest BCUT2D eigenvalue weighted by Gasteiger charge is -2.02. The largest absolute Gasteiger partial charge is 0.248 e. The maximum Gasteiger partial charge on any atom is 0.0831 e. The molecule has 0 atom stereocenters. The highest BCUT2D eigenvalue weighted by atomic mass is 35.5. The van der Waals surface area contributed by atoms with E-state index in [-0.39, 0.29) is 0 Å². The molecule has 1 heterocycles. The zero-order valence-electron chi connectivity index (χ0n) is 7.52. The summed E-state index contributed by atoms with van der Waals surface area (Å²) in [5.74, 6) is 0. The minimum absolute atomic E-state index is 0.627. The Hall–Kier alpha value is -1.35. The molecule has 14 heavy (non-hydrogen) atoms. The molecular weight excluding hydrogens is 198 g/mol. The second-order valence-corrected chi connectivity index (χ2v) is 3.41. The van der Waals surface area contributed by atoms with Gasteiger partial charge in [0.05, 0.1) is 12.2 Å². The van der Waals surface area contributed by atoms with Crippen LogP contribution in [0.1, 0.15) is 11.3 Å². The number of rotatable bonds is 2. The molecule has 0 amide bonds. The summed E-state index contributed by atoms with van der Waals surface area (Å²) in [6.45, 7) is 4.31. The van der Waals surface area contributed by atoms with Crippen LogP contribution in [0.5, 0.6) is 0 Å². The zero-order valence-corrected chi connectivity index (χ0v) is 8.28. The van der Waals surface area contributed by atoms with Crippen LogP contribution in [0.2, 0.25) is 5.02 Å². The van der Waals surface area contributed by atoms with Crippen LogP contribution in [-0.4, -0.2) is 15.0 Å². The number of nitrogens with zero attached hydrogens (tertiary/aromatic N) is 3. The van der Waals surface area contributed by atoms with Gasteiger partial charge in [0.25, 0.3) is 0 Å². The van der Waals surface area contributed by atoms with Crippen molar-refractivity contribution < 1.29 is 0 Å². The summed E-state index contributed by atoms with van der Waals surface area (Å²) in [7, 11) is 0. The van der Waals surface area contributed by atoms with Gasteiger partial charge in [0.2, 0.25) is 0 Å². The van der Waals surface area contributed by atoms with Gasteiger partial charge < -0.3 is 0 Å². The van der Waals surface area contributed by atoms with Crippen LogP contribution in [0, 0.1) is 6.92 Å². The first-order chi connectivity index (χ1) is 6.75. The molecule has 0 fully saturated rings. The molecule has 4 heteroatoms. The zero-order chi connectivity index (χ0) is 9.97. The lowest BCUT2D eigenvalue weighted by atomic mass is 10.2. The lowest BCUT2D eigenvalue weighted by molar-refractivity contribution is 0.649. The highest BCUT2D eigenvalue weighted by Crippen LogP contribution is 2.15. The van der Waals surface area contributed by atoms with Gasteiger partial charge in [-0.15, -0.1) is 5.10 Å². The number of aromatic nitrogens is 3. The van der Waals surface area contributed by atoms with E-state index in [1.54, 1.807) is 10.9 Å². The van der Waals surface area contributed by atoms with Gasteiger partial charge in [-0.3, -0.25) is 0 Å². The standard InChI is InChI=1S/C10H9ClN3/c1-8-6-14(13-12-8)7-9-4-2-3-5-10(9)11/h2-6H,1,7H2. The van der Waals surface area contributed by atoms with Crippen molar-refractivity contribution in [3.05, 3.63) is 53.7 Å². The number of hydrogen-bond acceptors (Lipinski definition) is 2. The van der Waals surface area contributed by atoms with E-state index in [9.17, 15) is 0 Å². The predicted octanol–water partition coefficient (Wildman–Crippen LogP) is 2.16. The molecule has 71 valence electrons. The SMILES string of the molecule is [CH2]c1cn(Cc2ccccc2Cl)nn1. The summed E-state index contributed by atoms with van der Waals surface area (Å²) in [5.41, 5.74) is 1.69. The van der Waals surface area contributed by atoms with Gasteiger partial charge in [0.15, 0.2) is 0 Å². The molecule has 0 spiro atoms. The van der Waals surface area contributed by atoms with Crippen molar-refractivity contribution in [1.82, 2.24) is 15.0 Å². The number of halogens is 1. The van der Waals surface area contributed by atoms with E-state index in [4.69, 9.17) is 11.6 Å². The average Bonchev–Trinajstić information content (AvgIpc) is 2.56. The topological polar surface area (TPSA) is 30.7 Å². The van der Waals surface area contributed by atoms with Crippen LogP contribution < -0.4 is 0 Å². The Balaban J connectivity index is 2.23. The van der Waals surface area contributed by atoms with Crippen molar-refractivity contribution in [3.63, 3.8) is 0 Å². The second-order valence-electron chi connectivity index (χ2n) is 3.00. The Morgan fingerprint density at radius 1 is 1.36 bits per heavy atom. The minimum atomic E-state index is 0.627. The van der Waals surface area contributed by atoms with Gasteiger partial charge in [-0.25, -0.2) is 4.68 Å². The summed E-state index contributed by atoms with van der Waals surface area (Å²) in [6, 6.07) is 7.68. The minimum Gasteiger partial charge on any atom is -0.248 e. The van der Waals surface area contributed by atoms with Gasteiger partial charge in [-0.1, -0.05) is 35.0 Å². The van der Waals surface area contributed by atoms with Crippen molar-refractivity contribution in [2.75, 3.05) is 0 Å². The maximum absolute atomic E-state index is 6.00. The quantitative estimate of drug-likeness (QED) is 0.754. The maximum atomic E-state index is 6.00. The molecule has 0 aliphatic heterocycles. The predicted molar refractivity (Wildman–Crippen MR) is 55.0 cm³/mol. The summed E-state index contributed by atoms with van der Waals surface area (Å²) >= 11 is 6.00. The number of hydrogen-bond donors (Lipinski definition) is 0. The molecule has 1 aromatic carbocycles. The third-order valence-corrected chi connectivity index (χ3v) is 2.25. The van der Waals surface area contributed by atoms with Crippen LogP contribution in [-0.2, 0) is 6.54 Å². The van der Waals surface area contributed by atoms with Gasteiger partial charge in [0.1, 0.15) is 0 Å². The molecule has 1 aromatic heterocycles. The summed E-state index contributed by atoms with van der Waals surface area (Å²) < 4.78 is 1.71.